The third-order valence-corrected chi connectivity index (χ3v) is 6.88. The number of amides is 1. The van der Waals surface area contributed by atoms with Crippen molar-refractivity contribution in [3.05, 3.63) is 29.8 Å². The molecular weight excluding hydrogens is 396 g/mol. The van der Waals surface area contributed by atoms with Gasteiger partial charge in [0.2, 0.25) is 5.91 Å². The van der Waals surface area contributed by atoms with Crippen LogP contribution in [0, 0.1) is 12.8 Å². The van der Waals surface area contributed by atoms with Crippen LogP contribution in [0.3, 0.4) is 0 Å². The van der Waals surface area contributed by atoms with Gasteiger partial charge in [-0.05, 0) is 51.2 Å². The fourth-order valence-electron chi connectivity index (χ4n) is 4.10. The molecule has 0 radical (unpaired) electrons. The number of carbonyl (C=O) groups excluding carboxylic acids is 1. The van der Waals surface area contributed by atoms with E-state index in [0.717, 1.165) is 67.6 Å². The highest BCUT2D eigenvalue weighted by Gasteiger charge is 2.30. The van der Waals surface area contributed by atoms with E-state index in [1.807, 2.05) is 30.0 Å². The molecule has 2 aliphatic rings. The lowest BCUT2D eigenvalue weighted by molar-refractivity contribution is -0.136. The lowest BCUT2D eigenvalue weighted by Crippen LogP contribution is -2.48. The van der Waals surface area contributed by atoms with Crippen molar-refractivity contribution in [3.8, 4) is 5.75 Å². The summed E-state index contributed by atoms with van der Waals surface area (Å²) < 4.78 is 6.04. The van der Waals surface area contributed by atoms with Gasteiger partial charge in [0.1, 0.15) is 11.9 Å². The minimum Gasteiger partial charge on any atom is -0.489 e. The first-order valence-electron chi connectivity index (χ1n) is 11.1. The Bertz CT molecular complexity index is 713. The number of para-hydroxylation sites is 1. The summed E-state index contributed by atoms with van der Waals surface area (Å²) in [4.78, 5) is 19.2. The summed E-state index contributed by atoms with van der Waals surface area (Å²) in [5.41, 5.74) is 1.14. The number of aliphatic imine (C=N–C) groups is 1. The van der Waals surface area contributed by atoms with Crippen molar-refractivity contribution in [2.45, 2.75) is 51.7 Å². The summed E-state index contributed by atoms with van der Waals surface area (Å²) in [6, 6.07) is 8.44. The average molecular weight is 433 g/mol. The van der Waals surface area contributed by atoms with Crippen molar-refractivity contribution in [3.63, 3.8) is 0 Å². The molecule has 0 aromatic heterocycles. The van der Waals surface area contributed by atoms with Crippen LogP contribution < -0.4 is 15.4 Å². The van der Waals surface area contributed by atoms with Gasteiger partial charge in [-0.25, -0.2) is 0 Å². The highest BCUT2D eigenvalue weighted by atomic mass is 32.2. The molecule has 1 amide bonds. The molecule has 1 aliphatic carbocycles. The standard InChI is InChI=1S/C23H36N4O2S/c1-17-6-4-5-7-21(17)29-18(2)16-25-23(24-3)26-20-10-8-19(9-11-20)22(28)27-12-14-30-15-13-27/h4-7,18-20H,8-16H2,1-3H3,(H2,24,25,26). The third-order valence-electron chi connectivity index (χ3n) is 5.94. The van der Waals surface area contributed by atoms with E-state index in [-0.39, 0.29) is 12.0 Å². The SMILES string of the molecule is CN=C(NCC(C)Oc1ccccc1C)NC1CCC(C(=O)N2CCSCC2)CC1. The predicted molar refractivity (Wildman–Crippen MR) is 125 cm³/mol. The molecule has 0 bridgehead atoms. The molecule has 1 aliphatic heterocycles. The van der Waals surface area contributed by atoms with Gasteiger partial charge in [-0.2, -0.15) is 11.8 Å². The second kappa shape index (κ2) is 11.5. The second-order valence-electron chi connectivity index (χ2n) is 8.28. The van der Waals surface area contributed by atoms with E-state index in [1.165, 1.54) is 0 Å². The summed E-state index contributed by atoms with van der Waals surface area (Å²) >= 11 is 1.95. The lowest BCUT2D eigenvalue weighted by Gasteiger charge is -2.34. The molecule has 1 aromatic rings. The Labute approximate surface area is 185 Å². The maximum Gasteiger partial charge on any atom is 0.225 e. The van der Waals surface area contributed by atoms with Gasteiger partial charge in [-0.15, -0.1) is 0 Å². The summed E-state index contributed by atoms with van der Waals surface area (Å²) in [6.07, 6.45) is 3.97. The normalized spacial score (nSPS) is 23.6. The minimum absolute atomic E-state index is 0.0284. The quantitative estimate of drug-likeness (QED) is 0.534. The van der Waals surface area contributed by atoms with Crippen LogP contribution in [0.1, 0.15) is 38.2 Å². The van der Waals surface area contributed by atoms with Gasteiger partial charge in [0.05, 0.1) is 6.54 Å². The van der Waals surface area contributed by atoms with E-state index >= 15 is 0 Å². The monoisotopic (exact) mass is 432 g/mol. The van der Waals surface area contributed by atoms with Crippen LogP contribution in [-0.4, -0.2) is 67.1 Å². The number of hydrogen-bond donors (Lipinski definition) is 2. The van der Waals surface area contributed by atoms with Gasteiger partial charge >= 0.3 is 0 Å². The number of thioether (sulfide) groups is 1. The lowest BCUT2D eigenvalue weighted by atomic mass is 9.85. The molecule has 0 spiro atoms. The first-order valence-corrected chi connectivity index (χ1v) is 12.3. The molecule has 3 rings (SSSR count). The Morgan fingerprint density at radius 2 is 1.93 bits per heavy atom. The van der Waals surface area contributed by atoms with Gasteiger partial charge in [-0.1, -0.05) is 18.2 Å². The molecule has 1 heterocycles. The smallest absolute Gasteiger partial charge is 0.225 e. The number of carbonyl (C=O) groups is 1. The van der Waals surface area contributed by atoms with Crippen LogP contribution in [0.4, 0.5) is 0 Å². The predicted octanol–water partition coefficient (Wildman–Crippen LogP) is 3.06. The zero-order valence-electron chi connectivity index (χ0n) is 18.5. The number of ether oxygens (including phenoxy) is 1. The fraction of sp³-hybridized carbons (Fsp3) is 0.652. The van der Waals surface area contributed by atoms with E-state index < -0.39 is 0 Å². The Kier molecular flexibility index (Phi) is 8.73. The number of guanidine groups is 1. The molecule has 7 heteroatoms. The Hall–Kier alpha value is -1.89. The molecule has 1 saturated carbocycles. The molecule has 1 saturated heterocycles. The largest absolute Gasteiger partial charge is 0.489 e. The maximum absolute atomic E-state index is 12.7. The van der Waals surface area contributed by atoms with Gasteiger partial charge in [0.25, 0.3) is 0 Å². The Morgan fingerprint density at radius 1 is 1.23 bits per heavy atom. The van der Waals surface area contributed by atoms with E-state index in [1.54, 1.807) is 7.05 Å². The van der Waals surface area contributed by atoms with Crippen molar-refractivity contribution in [2.75, 3.05) is 38.2 Å². The summed E-state index contributed by atoms with van der Waals surface area (Å²) in [5, 5.41) is 6.91. The number of aryl methyl sites for hydroxylation is 1. The van der Waals surface area contributed by atoms with Crippen LogP contribution in [-0.2, 0) is 4.79 Å². The van der Waals surface area contributed by atoms with Crippen molar-refractivity contribution in [2.24, 2.45) is 10.9 Å². The highest BCUT2D eigenvalue weighted by molar-refractivity contribution is 7.99. The van der Waals surface area contributed by atoms with Gasteiger partial charge < -0.3 is 20.3 Å². The topological polar surface area (TPSA) is 66.0 Å². The number of benzene rings is 1. The van der Waals surface area contributed by atoms with E-state index in [2.05, 4.69) is 40.4 Å². The fourth-order valence-corrected chi connectivity index (χ4v) is 5.01. The minimum atomic E-state index is 0.0284. The molecule has 2 N–H and O–H groups in total. The van der Waals surface area contributed by atoms with Crippen molar-refractivity contribution in [1.29, 1.82) is 0 Å². The zero-order chi connectivity index (χ0) is 21.3. The molecule has 30 heavy (non-hydrogen) atoms. The van der Waals surface area contributed by atoms with Crippen molar-refractivity contribution in [1.82, 2.24) is 15.5 Å². The Balaban J connectivity index is 1.39. The molecular formula is C23H36N4O2S. The van der Waals surface area contributed by atoms with E-state index in [9.17, 15) is 4.79 Å². The van der Waals surface area contributed by atoms with Crippen molar-refractivity contribution >= 4 is 23.6 Å². The van der Waals surface area contributed by atoms with Gasteiger partial charge in [0.15, 0.2) is 5.96 Å². The number of nitrogens with zero attached hydrogens (tertiary/aromatic N) is 2. The Morgan fingerprint density at radius 3 is 2.60 bits per heavy atom. The third kappa shape index (κ3) is 6.56. The first kappa shape index (κ1) is 22.8. The molecule has 1 atom stereocenters. The van der Waals surface area contributed by atoms with E-state index in [0.29, 0.717) is 18.5 Å². The average Bonchev–Trinajstić information content (AvgIpc) is 2.78. The molecule has 1 unspecified atom stereocenters. The first-order chi connectivity index (χ1) is 14.6. The van der Waals surface area contributed by atoms with Crippen LogP contribution in [0.5, 0.6) is 5.75 Å². The molecule has 1 aromatic carbocycles. The molecule has 6 nitrogen and oxygen atoms in total. The molecule has 2 fully saturated rings. The summed E-state index contributed by atoms with van der Waals surface area (Å²) in [5.74, 6) is 4.46. The van der Waals surface area contributed by atoms with Crippen molar-refractivity contribution < 1.29 is 9.53 Å². The number of nitrogens with one attached hydrogen (secondary N) is 2. The number of hydrogen-bond acceptors (Lipinski definition) is 4. The van der Waals surface area contributed by atoms with Gasteiger partial charge in [0, 0.05) is 43.6 Å². The molecule has 166 valence electrons. The van der Waals surface area contributed by atoms with Crippen LogP contribution in [0.25, 0.3) is 0 Å². The zero-order valence-corrected chi connectivity index (χ0v) is 19.3. The summed E-state index contributed by atoms with van der Waals surface area (Å²) in [6.45, 7) is 6.63. The number of rotatable bonds is 6. The van der Waals surface area contributed by atoms with E-state index in [4.69, 9.17) is 4.74 Å². The van der Waals surface area contributed by atoms with Gasteiger partial charge in [-0.3, -0.25) is 9.79 Å². The maximum atomic E-state index is 12.7. The highest BCUT2D eigenvalue weighted by Crippen LogP contribution is 2.27. The second-order valence-corrected chi connectivity index (χ2v) is 9.50. The summed E-state index contributed by atoms with van der Waals surface area (Å²) in [7, 11) is 1.80. The van der Waals surface area contributed by atoms with Crippen LogP contribution in [0.2, 0.25) is 0 Å². The van der Waals surface area contributed by atoms with Crippen LogP contribution >= 0.6 is 11.8 Å². The van der Waals surface area contributed by atoms with Crippen LogP contribution in [0.15, 0.2) is 29.3 Å².